The van der Waals surface area contributed by atoms with Crippen LogP contribution in [-0.2, 0) is 13.1 Å². The molecule has 0 radical (unpaired) electrons. The molecule has 0 fully saturated rings. The van der Waals surface area contributed by atoms with E-state index < -0.39 is 0 Å². The Labute approximate surface area is 157 Å². The molecule has 0 saturated carbocycles. The molecule has 2 heterocycles. The van der Waals surface area contributed by atoms with Crippen molar-refractivity contribution in [2.75, 3.05) is 5.73 Å². The van der Waals surface area contributed by atoms with Crippen LogP contribution in [0.15, 0.2) is 36.5 Å². The Hall–Kier alpha value is -3.66. The summed E-state index contributed by atoms with van der Waals surface area (Å²) in [6.45, 7) is 4.63. The minimum absolute atomic E-state index is 0.252. The van der Waals surface area contributed by atoms with Crippen molar-refractivity contribution in [3.05, 3.63) is 70.2 Å². The van der Waals surface area contributed by atoms with Gasteiger partial charge < -0.3 is 11.1 Å². The third-order valence-corrected chi connectivity index (χ3v) is 4.21. The number of aromatic nitrogens is 4. The van der Waals surface area contributed by atoms with Crippen molar-refractivity contribution >= 4 is 11.7 Å². The van der Waals surface area contributed by atoms with E-state index in [0.29, 0.717) is 18.9 Å². The summed E-state index contributed by atoms with van der Waals surface area (Å²) in [7, 11) is 0. The molecule has 1 amide bonds. The molecule has 1 aromatic carbocycles. The van der Waals surface area contributed by atoms with E-state index >= 15 is 0 Å². The topological polar surface area (TPSA) is 98.7 Å². The molecule has 0 spiro atoms. The van der Waals surface area contributed by atoms with Crippen molar-refractivity contribution in [1.82, 2.24) is 25.3 Å². The van der Waals surface area contributed by atoms with E-state index in [1.807, 2.05) is 38.1 Å². The Balaban J connectivity index is 1.66. The van der Waals surface area contributed by atoms with Crippen LogP contribution in [0.5, 0.6) is 0 Å². The minimum atomic E-state index is -0.297. The maximum absolute atomic E-state index is 12.4. The van der Waals surface area contributed by atoms with Gasteiger partial charge in [0.05, 0.1) is 12.7 Å². The first-order valence-electron chi connectivity index (χ1n) is 8.42. The second-order valence-corrected chi connectivity index (χ2v) is 6.26. The first-order valence-corrected chi connectivity index (χ1v) is 8.42. The van der Waals surface area contributed by atoms with Crippen LogP contribution in [0.4, 0.5) is 5.82 Å². The summed E-state index contributed by atoms with van der Waals surface area (Å²) in [6.07, 6.45) is 7.03. The van der Waals surface area contributed by atoms with Crippen molar-refractivity contribution < 1.29 is 4.79 Å². The monoisotopic (exact) mass is 360 g/mol. The van der Waals surface area contributed by atoms with Gasteiger partial charge in [0.15, 0.2) is 5.69 Å². The van der Waals surface area contributed by atoms with Gasteiger partial charge in [0.1, 0.15) is 5.82 Å². The van der Waals surface area contributed by atoms with Gasteiger partial charge in [0.25, 0.3) is 5.91 Å². The molecule has 7 nitrogen and oxygen atoms in total. The number of nitrogens with zero attached hydrogens (tertiary/aromatic N) is 4. The first-order chi connectivity index (χ1) is 13.0. The maximum atomic E-state index is 12.4. The number of rotatable bonds is 5. The predicted molar refractivity (Wildman–Crippen MR) is 103 cm³/mol. The van der Waals surface area contributed by atoms with E-state index in [9.17, 15) is 4.79 Å². The molecule has 3 N–H and O–H groups in total. The smallest absolute Gasteiger partial charge is 0.273 e. The zero-order valence-corrected chi connectivity index (χ0v) is 15.2. The van der Waals surface area contributed by atoms with Gasteiger partial charge in [-0.1, -0.05) is 23.3 Å². The molecule has 3 aromatic rings. The number of benzene rings is 1. The standard InChI is InChI=1S/C20H20N6O/c1-4-15-6-5-7-16(9-15)11-26-12-18(24-25-26)20(27)22-10-17-13(2)8-19(21)23-14(17)3/h1,5-9,12H,10-11H2,2-3H3,(H2,21,23)(H,22,27). The lowest BCUT2D eigenvalue weighted by atomic mass is 10.1. The number of amides is 1. The van der Waals surface area contributed by atoms with Crippen LogP contribution in [0.2, 0.25) is 0 Å². The fraction of sp³-hybridized carbons (Fsp3) is 0.200. The van der Waals surface area contributed by atoms with Crippen molar-refractivity contribution in [2.45, 2.75) is 26.9 Å². The number of nitrogen functional groups attached to an aromatic ring is 1. The lowest BCUT2D eigenvalue weighted by molar-refractivity contribution is 0.0945. The van der Waals surface area contributed by atoms with Crippen LogP contribution in [0.25, 0.3) is 0 Å². The molecule has 2 aromatic heterocycles. The number of hydrogen-bond acceptors (Lipinski definition) is 5. The fourth-order valence-electron chi connectivity index (χ4n) is 2.84. The molecule has 3 rings (SSSR count). The number of nitrogens with one attached hydrogen (secondary N) is 1. The molecule has 0 bridgehead atoms. The molecule has 0 aliphatic rings. The highest BCUT2D eigenvalue weighted by molar-refractivity contribution is 5.91. The van der Waals surface area contributed by atoms with E-state index in [4.69, 9.17) is 12.2 Å². The number of nitrogens with two attached hydrogens (primary N) is 1. The summed E-state index contributed by atoms with van der Waals surface area (Å²) in [4.78, 5) is 16.6. The van der Waals surface area contributed by atoms with E-state index in [2.05, 4.69) is 26.5 Å². The number of carbonyl (C=O) groups is 1. The SMILES string of the molecule is C#Cc1cccc(Cn2cc(C(=O)NCc3c(C)cc(N)nc3C)nn2)c1. The van der Waals surface area contributed by atoms with Gasteiger partial charge in [0.2, 0.25) is 0 Å². The largest absolute Gasteiger partial charge is 0.384 e. The molecular formula is C20H20N6O. The Morgan fingerprint density at radius 2 is 2.15 bits per heavy atom. The maximum Gasteiger partial charge on any atom is 0.273 e. The van der Waals surface area contributed by atoms with Gasteiger partial charge in [-0.15, -0.1) is 11.5 Å². The lowest BCUT2D eigenvalue weighted by Gasteiger charge is -2.10. The molecule has 136 valence electrons. The average Bonchev–Trinajstić information content (AvgIpc) is 3.09. The van der Waals surface area contributed by atoms with Crippen molar-refractivity contribution in [3.8, 4) is 12.3 Å². The van der Waals surface area contributed by atoms with Gasteiger partial charge in [-0.05, 0) is 48.7 Å². The van der Waals surface area contributed by atoms with Gasteiger partial charge >= 0.3 is 0 Å². The van der Waals surface area contributed by atoms with Crippen molar-refractivity contribution in [1.29, 1.82) is 0 Å². The molecule has 27 heavy (non-hydrogen) atoms. The highest BCUT2D eigenvalue weighted by Crippen LogP contribution is 2.14. The Kier molecular flexibility index (Phi) is 5.18. The van der Waals surface area contributed by atoms with Gasteiger partial charge in [0, 0.05) is 17.8 Å². The lowest BCUT2D eigenvalue weighted by Crippen LogP contribution is -2.24. The molecule has 0 saturated heterocycles. The van der Waals surface area contributed by atoms with Crippen LogP contribution in [0.1, 0.15) is 38.4 Å². The van der Waals surface area contributed by atoms with Gasteiger partial charge in [-0.3, -0.25) is 4.79 Å². The third-order valence-electron chi connectivity index (χ3n) is 4.21. The average molecular weight is 360 g/mol. The summed E-state index contributed by atoms with van der Waals surface area (Å²) < 4.78 is 1.60. The van der Waals surface area contributed by atoms with Crippen LogP contribution >= 0.6 is 0 Å². The normalized spacial score (nSPS) is 10.4. The fourth-order valence-corrected chi connectivity index (χ4v) is 2.84. The quantitative estimate of drug-likeness (QED) is 0.677. The number of hydrogen-bond donors (Lipinski definition) is 2. The highest BCUT2D eigenvalue weighted by Gasteiger charge is 2.13. The Morgan fingerprint density at radius 1 is 1.33 bits per heavy atom. The molecule has 0 unspecified atom stereocenters. The van der Waals surface area contributed by atoms with Crippen LogP contribution in [-0.4, -0.2) is 25.9 Å². The number of terminal acetylenes is 1. The van der Waals surface area contributed by atoms with Crippen LogP contribution < -0.4 is 11.1 Å². The Morgan fingerprint density at radius 3 is 2.89 bits per heavy atom. The number of pyridine rings is 1. The van der Waals surface area contributed by atoms with Gasteiger partial charge in [-0.2, -0.15) is 0 Å². The van der Waals surface area contributed by atoms with Gasteiger partial charge in [-0.25, -0.2) is 9.67 Å². The molecule has 7 heteroatoms. The summed E-state index contributed by atoms with van der Waals surface area (Å²) >= 11 is 0. The summed E-state index contributed by atoms with van der Waals surface area (Å²) in [5.74, 6) is 2.77. The first kappa shape index (κ1) is 18.1. The predicted octanol–water partition coefficient (Wildman–Crippen LogP) is 1.83. The molecular weight excluding hydrogens is 340 g/mol. The molecule has 0 aliphatic heterocycles. The Bertz CT molecular complexity index is 1010. The zero-order valence-electron chi connectivity index (χ0n) is 15.2. The van der Waals surface area contributed by atoms with E-state index in [1.54, 1.807) is 16.9 Å². The van der Waals surface area contributed by atoms with Crippen molar-refractivity contribution in [2.24, 2.45) is 0 Å². The third kappa shape index (κ3) is 4.30. The second-order valence-electron chi connectivity index (χ2n) is 6.26. The van der Waals surface area contributed by atoms with Crippen LogP contribution in [0.3, 0.4) is 0 Å². The summed E-state index contributed by atoms with van der Waals surface area (Å²) in [5.41, 5.74) is 10.5. The van der Waals surface area contributed by atoms with E-state index in [0.717, 1.165) is 27.9 Å². The highest BCUT2D eigenvalue weighted by atomic mass is 16.2. The summed E-state index contributed by atoms with van der Waals surface area (Å²) in [6, 6.07) is 9.39. The van der Waals surface area contributed by atoms with Crippen molar-refractivity contribution in [3.63, 3.8) is 0 Å². The van der Waals surface area contributed by atoms with E-state index in [1.165, 1.54) is 0 Å². The number of anilines is 1. The second kappa shape index (κ2) is 7.70. The summed E-state index contributed by atoms with van der Waals surface area (Å²) in [5, 5.41) is 10.8. The van der Waals surface area contributed by atoms with Crippen LogP contribution in [0, 0.1) is 26.2 Å². The van der Waals surface area contributed by atoms with E-state index in [-0.39, 0.29) is 11.6 Å². The minimum Gasteiger partial charge on any atom is -0.384 e. The number of aryl methyl sites for hydroxylation is 2. The zero-order chi connectivity index (χ0) is 19.4. The molecule has 0 aliphatic carbocycles. The molecule has 0 atom stereocenters. The number of carbonyl (C=O) groups excluding carboxylic acids is 1.